The Morgan fingerprint density at radius 2 is 2.00 bits per heavy atom. The van der Waals surface area contributed by atoms with E-state index in [2.05, 4.69) is 43.7 Å². The van der Waals surface area contributed by atoms with Crippen molar-refractivity contribution in [1.29, 1.82) is 5.26 Å². The lowest BCUT2D eigenvalue weighted by Gasteiger charge is -2.15. The van der Waals surface area contributed by atoms with Crippen LogP contribution in [0.25, 0.3) is 10.9 Å². The molecule has 0 saturated heterocycles. The van der Waals surface area contributed by atoms with Gasteiger partial charge in [-0.05, 0) is 41.8 Å². The first kappa shape index (κ1) is 12.7. The molecule has 0 radical (unpaired) electrons. The Kier molecular flexibility index (Phi) is 3.72. The van der Waals surface area contributed by atoms with Gasteiger partial charge in [-0.1, -0.05) is 26.8 Å². The zero-order valence-electron chi connectivity index (χ0n) is 11.4. The van der Waals surface area contributed by atoms with Crippen molar-refractivity contribution in [2.24, 2.45) is 11.8 Å². The summed E-state index contributed by atoms with van der Waals surface area (Å²) >= 11 is 0. The summed E-state index contributed by atoms with van der Waals surface area (Å²) in [6.45, 7) is 7.84. The van der Waals surface area contributed by atoms with Crippen LogP contribution in [0.4, 0.5) is 0 Å². The lowest BCUT2D eigenvalue weighted by Crippen LogP contribution is -2.09. The molecule has 18 heavy (non-hydrogen) atoms. The molecule has 0 N–H and O–H groups in total. The molecule has 2 rings (SSSR count). The molecular formula is C16H20N2. The molecule has 1 atom stereocenters. The number of fused-ring (bicyclic) bond motifs is 1. The first-order valence-electron chi connectivity index (χ1n) is 6.59. The Bertz CT molecular complexity index is 572. The Morgan fingerprint density at radius 1 is 1.22 bits per heavy atom. The molecule has 1 unspecified atom stereocenters. The minimum atomic E-state index is 0.659. The summed E-state index contributed by atoms with van der Waals surface area (Å²) in [5.41, 5.74) is 1.91. The van der Waals surface area contributed by atoms with Gasteiger partial charge in [-0.15, -0.1) is 0 Å². The van der Waals surface area contributed by atoms with Crippen LogP contribution in [0, 0.1) is 23.2 Å². The highest BCUT2D eigenvalue weighted by Gasteiger charge is 2.08. The average molecular weight is 240 g/mol. The van der Waals surface area contributed by atoms with E-state index in [0.29, 0.717) is 5.92 Å². The molecular weight excluding hydrogens is 220 g/mol. The maximum Gasteiger partial charge on any atom is 0.0992 e. The first-order chi connectivity index (χ1) is 8.60. The van der Waals surface area contributed by atoms with Crippen LogP contribution in [0.2, 0.25) is 0 Å². The van der Waals surface area contributed by atoms with Crippen molar-refractivity contribution >= 4 is 10.9 Å². The first-order valence-corrected chi connectivity index (χ1v) is 6.59. The second-order valence-electron chi connectivity index (χ2n) is 5.59. The van der Waals surface area contributed by atoms with Crippen molar-refractivity contribution in [2.75, 3.05) is 0 Å². The zero-order valence-corrected chi connectivity index (χ0v) is 11.4. The van der Waals surface area contributed by atoms with Gasteiger partial charge in [0.05, 0.1) is 11.6 Å². The third-order valence-corrected chi connectivity index (χ3v) is 3.29. The van der Waals surface area contributed by atoms with Crippen LogP contribution in [-0.4, -0.2) is 4.57 Å². The Hall–Kier alpha value is -1.75. The van der Waals surface area contributed by atoms with E-state index in [4.69, 9.17) is 5.26 Å². The van der Waals surface area contributed by atoms with Gasteiger partial charge in [-0.25, -0.2) is 0 Å². The molecule has 0 amide bonds. The van der Waals surface area contributed by atoms with Crippen molar-refractivity contribution in [3.63, 3.8) is 0 Å². The molecule has 2 nitrogen and oxygen atoms in total. The molecule has 0 spiro atoms. The predicted molar refractivity (Wildman–Crippen MR) is 75.3 cm³/mol. The fraction of sp³-hybridized carbons (Fsp3) is 0.438. The van der Waals surface area contributed by atoms with E-state index in [0.717, 1.165) is 18.0 Å². The van der Waals surface area contributed by atoms with Crippen molar-refractivity contribution in [3.05, 3.63) is 36.0 Å². The van der Waals surface area contributed by atoms with Gasteiger partial charge in [0.1, 0.15) is 0 Å². The molecule has 0 saturated carbocycles. The van der Waals surface area contributed by atoms with Gasteiger partial charge < -0.3 is 4.57 Å². The van der Waals surface area contributed by atoms with Crippen molar-refractivity contribution in [1.82, 2.24) is 4.57 Å². The summed E-state index contributed by atoms with van der Waals surface area (Å²) in [5.74, 6) is 1.39. The molecule has 94 valence electrons. The largest absolute Gasteiger partial charge is 0.347 e. The SMILES string of the molecule is CC(C)CC(C)Cn1ccc2ccc(C#N)cc21. The van der Waals surface area contributed by atoms with Gasteiger partial charge in [0.2, 0.25) is 0 Å². The topological polar surface area (TPSA) is 28.7 Å². The predicted octanol–water partition coefficient (Wildman–Crippen LogP) is 4.20. The van der Waals surface area contributed by atoms with Gasteiger partial charge in [0.25, 0.3) is 0 Å². The summed E-state index contributed by atoms with van der Waals surface area (Å²) in [7, 11) is 0. The van der Waals surface area contributed by atoms with Crippen LogP contribution in [-0.2, 0) is 6.54 Å². The quantitative estimate of drug-likeness (QED) is 0.787. The second kappa shape index (κ2) is 5.27. The third kappa shape index (κ3) is 2.73. The van der Waals surface area contributed by atoms with Gasteiger partial charge in [0, 0.05) is 18.3 Å². The highest BCUT2D eigenvalue weighted by atomic mass is 15.0. The number of aromatic nitrogens is 1. The third-order valence-electron chi connectivity index (χ3n) is 3.29. The number of nitriles is 1. The van der Waals surface area contributed by atoms with E-state index in [9.17, 15) is 0 Å². The normalized spacial score (nSPS) is 12.8. The van der Waals surface area contributed by atoms with E-state index >= 15 is 0 Å². The summed E-state index contributed by atoms with van der Waals surface area (Å²) < 4.78 is 2.27. The van der Waals surface area contributed by atoms with Crippen LogP contribution in [0.3, 0.4) is 0 Å². The van der Waals surface area contributed by atoms with Gasteiger partial charge in [-0.2, -0.15) is 5.26 Å². The molecule has 0 aliphatic rings. The number of rotatable bonds is 4. The fourth-order valence-electron chi connectivity index (χ4n) is 2.63. The molecule has 0 fully saturated rings. The van der Waals surface area contributed by atoms with Crippen LogP contribution in [0.1, 0.15) is 32.8 Å². The standard InChI is InChI=1S/C16H20N2/c1-12(2)8-13(3)11-18-7-6-15-5-4-14(10-17)9-16(15)18/h4-7,9,12-13H,8,11H2,1-3H3. The van der Waals surface area contributed by atoms with E-state index in [1.165, 1.54) is 17.3 Å². The lowest BCUT2D eigenvalue weighted by atomic mass is 9.99. The van der Waals surface area contributed by atoms with E-state index < -0.39 is 0 Å². The molecule has 0 aliphatic carbocycles. The van der Waals surface area contributed by atoms with Crippen LogP contribution in [0.15, 0.2) is 30.5 Å². The van der Waals surface area contributed by atoms with Crippen LogP contribution in [0.5, 0.6) is 0 Å². The molecule has 1 heterocycles. The molecule has 0 bridgehead atoms. The van der Waals surface area contributed by atoms with E-state index in [-0.39, 0.29) is 0 Å². The molecule has 2 aromatic rings. The molecule has 0 aliphatic heterocycles. The van der Waals surface area contributed by atoms with Gasteiger partial charge in [0.15, 0.2) is 0 Å². The Morgan fingerprint density at radius 3 is 2.67 bits per heavy atom. The van der Waals surface area contributed by atoms with Gasteiger partial charge in [-0.3, -0.25) is 0 Å². The maximum absolute atomic E-state index is 8.97. The monoisotopic (exact) mass is 240 g/mol. The van der Waals surface area contributed by atoms with Crippen molar-refractivity contribution in [2.45, 2.75) is 33.7 Å². The van der Waals surface area contributed by atoms with Crippen molar-refractivity contribution in [3.8, 4) is 6.07 Å². The van der Waals surface area contributed by atoms with Crippen LogP contribution < -0.4 is 0 Å². The van der Waals surface area contributed by atoms with Crippen molar-refractivity contribution < 1.29 is 0 Å². The second-order valence-corrected chi connectivity index (χ2v) is 5.59. The fourth-order valence-corrected chi connectivity index (χ4v) is 2.63. The Balaban J connectivity index is 2.26. The molecule has 2 heteroatoms. The highest BCUT2D eigenvalue weighted by molar-refractivity contribution is 5.81. The van der Waals surface area contributed by atoms with E-state index in [1.54, 1.807) is 0 Å². The number of benzene rings is 1. The number of nitrogens with zero attached hydrogens (tertiary/aromatic N) is 2. The zero-order chi connectivity index (χ0) is 13.1. The maximum atomic E-state index is 8.97. The summed E-state index contributed by atoms with van der Waals surface area (Å²) in [6, 6.07) is 10.2. The summed E-state index contributed by atoms with van der Waals surface area (Å²) in [4.78, 5) is 0. The summed E-state index contributed by atoms with van der Waals surface area (Å²) in [5, 5.41) is 10.2. The smallest absolute Gasteiger partial charge is 0.0992 e. The minimum Gasteiger partial charge on any atom is -0.347 e. The van der Waals surface area contributed by atoms with Gasteiger partial charge >= 0.3 is 0 Å². The number of hydrogen-bond donors (Lipinski definition) is 0. The minimum absolute atomic E-state index is 0.659. The summed E-state index contributed by atoms with van der Waals surface area (Å²) in [6.07, 6.45) is 3.36. The number of hydrogen-bond acceptors (Lipinski definition) is 1. The lowest BCUT2D eigenvalue weighted by molar-refractivity contribution is 0.394. The highest BCUT2D eigenvalue weighted by Crippen LogP contribution is 2.20. The Labute approximate surface area is 109 Å². The van der Waals surface area contributed by atoms with Crippen LogP contribution >= 0.6 is 0 Å². The average Bonchev–Trinajstić information content (AvgIpc) is 2.70. The molecule has 1 aromatic carbocycles. The van der Waals surface area contributed by atoms with E-state index in [1.807, 2.05) is 18.2 Å². The molecule has 1 aromatic heterocycles.